The second-order valence-electron chi connectivity index (χ2n) is 9.79. The molecule has 3 atom stereocenters. The number of carbonyl (C=O) groups is 5. The first kappa shape index (κ1) is 30.7. The van der Waals surface area contributed by atoms with E-state index >= 15 is 0 Å². The second kappa shape index (κ2) is 14.5. The summed E-state index contributed by atoms with van der Waals surface area (Å²) in [5.74, 6) is -2.96. The predicted octanol–water partition coefficient (Wildman–Crippen LogP) is 1.13. The molecule has 1 aromatic carbocycles. The average Bonchev–Trinajstić information content (AvgIpc) is 3.32. The summed E-state index contributed by atoms with van der Waals surface area (Å²) in [5.41, 5.74) is 1.42. The maximum Gasteiger partial charge on any atom is 0.242 e. The van der Waals surface area contributed by atoms with Crippen molar-refractivity contribution < 1.29 is 28.4 Å². The number of nitrogens with zero attached hydrogens (tertiary/aromatic N) is 2. The third-order valence-corrected chi connectivity index (χ3v) is 7.41. The zero-order chi connectivity index (χ0) is 29.2. The molecule has 11 nitrogen and oxygen atoms in total. The molecule has 1 fully saturated rings. The highest BCUT2D eigenvalue weighted by Crippen LogP contribution is 2.18. The van der Waals surface area contributed by atoms with E-state index in [1.165, 1.54) is 43.1 Å². The number of amides is 5. The molecule has 40 heavy (non-hydrogen) atoms. The van der Waals surface area contributed by atoms with Gasteiger partial charge in [0.05, 0.1) is 24.0 Å². The number of halogens is 1. The van der Waals surface area contributed by atoms with Crippen LogP contribution >= 0.6 is 11.3 Å². The maximum atomic E-state index is 13.5. The van der Waals surface area contributed by atoms with Crippen molar-refractivity contribution in [2.45, 2.75) is 64.1 Å². The number of aromatic nitrogens is 1. The number of carbonyl (C=O) groups excluding carboxylic acids is 5. The number of aryl methyl sites for hydroxylation is 2. The van der Waals surface area contributed by atoms with E-state index in [2.05, 4.69) is 26.3 Å². The molecule has 1 aliphatic rings. The van der Waals surface area contributed by atoms with Gasteiger partial charge in [-0.05, 0) is 44.4 Å². The molecule has 0 bridgehead atoms. The van der Waals surface area contributed by atoms with Crippen molar-refractivity contribution in [3.05, 3.63) is 51.7 Å². The van der Waals surface area contributed by atoms with Crippen LogP contribution in [-0.2, 0) is 30.4 Å². The Labute approximate surface area is 236 Å². The van der Waals surface area contributed by atoms with Crippen molar-refractivity contribution in [1.82, 2.24) is 31.2 Å². The van der Waals surface area contributed by atoms with Crippen LogP contribution in [0.4, 0.5) is 4.39 Å². The molecule has 5 amide bonds. The Hall–Kier alpha value is -3.87. The van der Waals surface area contributed by atoms with Gasteiger partial charge < -0.3 is 26.2 Å². The highest BCUT2D eigenvalue weighted by atomic mass is 32.1. The zero-order valence-electron chi connectivity index (χ0n) is 22.8. The number of hydrogen-bond donors (Lipinski definition) is 4. The van der Waals surface area contributed by atoms with Gasteiger partial charge in [-0.3, -0.25) is 24.0 Å². The first-order chi connectivity index (χ1) is 19.0. The minimum absolute atomic E-state index is 0.0119. The molecule has 0 spiro atoms. The zero-order valence-corrected chi connectivity index (χ0v) is 23.6. The highest BCUT2D eigenvalue weighted by molar-refractivity contribution is 7.09. The first-order valence-electron chi connectivity index (χ1n) is 13.1. The van der Waals surface area contributed by atoms with Crippen molar-refractivity contribution in [3.8, 4) is 0 Å². The molecule has 1 saturated heterocycles. The van der Waals surface area contributed by atoms with Crippen molar-refractivity contribution in [2.24, 2.45) is 0 Å². The van der Waals surface area contributed by atoms with Crippen LogP contribution in [0.15, 0.2) is 29.6 Å². The summed E-state index contributed by atoms with van der Waals surface area (Å²) in [6.07, 6.45) is 1.01. The number of nitrogens with one attached hydrogen (secondary N) is 4. The molecule has 3 rings (SSSR count). The molecule has 0 saturated carbocycles. The van der Waals surface area contributed by atoms with Crippen molar-refractivity contribution >= 4 is 40.9 Å². The quantitative estimate of drug-likeness (QED) is 0.380. The molecule has 4 N–H and O–H groups in total. The molecule has 13 heteroatoms. The molecular formula is C27H35FN6O5S. The first-order valence-corrected chi connectivity index (χ1v) is 14.0. The lowest BCUT2D eigenvalue weighted by atomic mass is 10.0. The number of hydrogen-bond acceptors (Lipinski definition) is 7. The summed E-state index contributed by atoms with van der Waals surface area (Å²) in [4.78, 5) is 69.7. The molecular weight excluding hydrogens is 539 g/mol. The topological polar surface area (TPSA) is 150 Å². The fourth-order valence-corrected chi connectivity index (χ4v) is 4.98. The van der Waals surface area contributed by atoms with Crippen LogP contribution in [0.1, 0.15) is 54.9 Å². The molecule has 0 unspecified atom stereocenters. The summed E-state index contributed by atoms with van der Waals surface area (Å²) >= 11 is 1.55. The Morgan fingerprint density at radius 1 is 1.12 bits per heavy atom. The summed E-state index contributed by atoms with van der Waals surface area (Å²) in [5, 5.41) is 13.7. The van der Waals surface area contributed by atoms with Gasteiger partial charge in [-0.15, -0.1) is 11.3 Å². The summed E-state index contributed by atoms with van der Waals surface area (Å²) in [6, 6.07) is 2.50. The molecule has 2 heterocycles. The number of likely N-dealkylation sites (N-methyl/N-ethyl adjacent to an activating group) is 1. The Morgan fingerprint density at radius 2 is 1.85 bits per heavy atom. The second-order valence-corrected chi connectivity index (χ2v) is 10.7. The van der Waals surface area contributed by atoms with Crippen LogP contribution in [0.3, 0.4) is 0 Å². The molecule has 216 valence electrons. The van der Waals surface area contributed by atoms with E-state index in [-0.39, 0.29) is 25.8 Å². The lowest BCUT2D eigenvalue weighted by molar-refractivity contribution is -0.136. The van der Waals surface area contributed by atoms with Gasteiger partial charge in [0.15, 0.2) is 0 Å². The number of thiazole rings is 1. The van der Waals surface area contributed by atoms with Gasteiger partial charge in [-0.1, -0.05) is 12.1 Å². The van der Waals surface area contributed by atoms with Gasteiger partial charge in [0.1, 0.15) is 17.9 Å². The monoisotopic (exact) mass is 574 g/mol. The van der Waals surface area contributed by atoms with E-state index in [0.717, 1.165) is 10.7 Å². The van der Waals surface area contributed by atoms with E-state index in [4.69, 9.17) is 0 Å². The van der Waals surface area contributed by atoms with Crippen molar-refractivity contribution in [1.29, 1.82) is 0 Å². The minimum atomic E-state index is -1.02. The standard InChI is InChI=1S/C27H35FN6O5S/c1-16-15-40-24(30-16)5-4-12-29-27(39)20-10-11-25(37)34(3)14-23(36)31-17(2)26(38)33-21(13-22(35)32-20)18-6-8-19(28)9-7-18/h6-9,15,17,20-21H,4-5,10-14H2,1-3H3,(H,29,39)(H,31,36)(H,32,35)(H,33,38)/t17-,20-,21+/m0/s1. The Bertz CT molecular complexity index is 1220. The summed E-state index contributed by atoms with van der Waals surface area (Å²) in [6.45, 7) is 3.46. The van der Waals surface area contributed by atoms with E-state index in [0.29, 0.717) is 24.9 Å². The molecule has 2 aromatic rings. The summed E-state index contributed by atoms with van der Waals surface area (Å²) in [7, 11) is 1.45. The summed E-state index contributed by atoms with van der Waals surface area (Å²) < 4.78 is 13.5. The smallest absolute Gasteiger partial charge is 0.242 e. The Kier molecular flexibility index (Phi) is 11.1. The Morgan fingerprint density at radius 3 is 2.52 bits per heavy atom. The van der Waals surface area contributed by atoms with Crippen LogP contribution < -0.4 is 21.3 Å². The van der Waals surface area contributed by atoms with Gasteiger partial charge in [-0.25, -0.2) is 9.37 Å². The van der Waals surface area contributed by atoms with Gasteiger partial charge in [0, 0.05) is 37.5 Å². The number of benzene rings is 1. The van der Waals surface area contributed by atoms with Crippen LogP contribution in [0.5, 0.6) is 0 Å². The maximum absolute atomic E-state index is 13.5. The van der Waals surface area contributed by atoms with E-state index in [1.54, 1.807) is 11.3 Å². The van der Waals surface area contributed by atoms with Gasteiger partial charge in [0.25, 0.3) is 0 Å². The highest BCUT2D eigenvalue weighted by Gasteiger charge is 2.28. The average molecular weight is 575 g/mol. The van der Waals surface area contributed by atoms with E-state index in [1.807, 2.05) is 12.3 Å². The largest absolute Gasteiger partial charge is 0.354 e. The van der Waals surface area contributed by atoms with Gasteiger partial charge >= 0.3 is 0 Å². The molecule has 1 aliphatic heterocycles. The SMILES string of the molecule is Cc1csc(CCCNC(=O)[C@@H]2CCC(=O)N(C)CC(=O)N[C@@H](C)C(=O)N[C@@H](c3ccc(F)cc3)CC(=O)N2)n1. The third-order valence-electron chi connectivity index (χ3n) is 6.39. The van der Waals surface area contributed by atoms with Crippen molar-refractivity contribution in [2.75, 3.05) is 20.1 Å². The van der Waals surface area contributed by atoms with Gasteiger partial charge in [0.2, 0.25) is 29.5 Å². The van der Waals surface area contributed by atoms with Crippen LogP contribution in [-0.4, -0.2) is 71.6 Å². The van der Waals surface area contributed by atoms with E-state index < -0.39 is 53.5 Å². The van der Waals surface area contributed by atoms with Crippen LogP contribution in [0.25, 0.3) is 0 Å². The van der Waals surface area contributed by atoms with Crippen LogP contribution in [0.2, 0.25) is 0 Å². The lowest BCUT2D eigenvalue weighted by Gasteiger charge is -2.23. The van der Waals surface area contributed by atoms with Crippen LogP contribution in [0, 0.1) is 12.7 Å². The third kappa shape index (κ3) is 9.40. The molecule has 0 aliphatic carbocycles. The fourth-order valence-electron chi connectivity index (χ4n) is 4.16. The number of rotatable bonds is 6. The Balaban J connectivity index is 1.75. The lowest BCUT2D eigenvalue weighted by Crippen LogP contribution is -2.49. The van der Waals surface area contributed by atoms with Crippen molar-refractivity contribution in [3.63, 3.8) is 0 Å². The van der Waals surface area contributed by atoms with Gasteiger partial charge in [-0.2, -0.15) is 0 Å². The normalized spacial score (nSPS) is 21.5. The van der Waals surface area contributed by atoms with E-state index in [9.17, 15) is 28.4 Å². The fraction of sp³-hybridized carbons (Fsp3) is 0.481. The predicted molar refractivity (Wildman–Crippen MR) is 146 cm³/mol. The molecule has 1 aromatic heterocycles. The molecule has 0 radical (unpaired) electrons. The minimum Gasteiger partial charge on any atom is -0.354 e.